The first kappa shape index (κ1) is 11.1. The Labute approximate surface area is 93.0 Å². The molecule has 2 heteroatoms. The van der Waals surface area contributed by atoms with Crippen molar-refractivity contribution in [2.75, 3.05) is 13.1 Å². The van der Waals surface area contributed by atoms with Crippen LogP contribution in [0.4, 0.5) is 0 Å². The van der Waals surface area contributed by atoms with Crippen molar-refractivity contribution in [3.05, 3.63) is 0 Å². The molecule has 0 amide bonds. The first-order valence-corrected chi connectivity index (χ1v) is 6.43. The molecule has 1 heterocycles. The summed E-state index contributed by atoms with van der Waals surface area (Å²) in [5.74, 6) is 2.04. The lowest BCUT2D eigenvalue weighted by molar-refractivity contribution is -0.127. The van der Waals surface area contributed by atoms with Gasteiger partial charge in [0.2, 0.25) is 0 Å². The van der Waals surface area contributed by atoms with E-state index in [1.807, 2.05) is 0 Å². The minimum atomic E-state index is 0.268. The SMILES string of the molecule is CC1CC(C)CN(C2CCCCC2=O)C1. The van der Waals surface area contributed by atoms with Gasteiger partial charge in [-0.3, -0.25) is 9.69 Å². The van der Waals surface area contributed by atoms with Gasteiger partial charge in [-0.1, -0.05) is 20.3 Å². The molecule has 15 heavy (non-hydrogen) atoms. The van der Waals surface area contributed by atoms with E-state index in [1.54, 1.807) is 0 Å². The molecule has 1 saturated heterocycles. The second-order valence-corrected chi connectivity index (χ2v) is 5.63. The molecule has 0 aromatic rings. The van der Waals surface area contributed by atoms with E-state index >= 15 is 0 Å². The maximum absolute atomic E-state index is 11.9. The van der Waals surface area contributed by atoms with E-state index in [0.717, 1.165) is 44.2 Å². The lowest BCUT2D eigenvalue weighted by Gasteiger charge is -2.40. The van der Waals surface area contributed by atoms with Crippen LogP contribution in [0.2, 0.25) is 0 Å². The maximum Gasteiger partial charge on any atom is 0.149 e. The van der Waals surface area contributed by atoms with Gasteiger partial charge in [0.1, 0.15) is 5.78 Å². The van der Waals surface area contributed by atoms with E-state index in [-0.39, 0.29) is 6.04 Å². The third-order valence-corrected chi connectivity index (χ3v) is 3.86. The first-order chi connectivity index (χ1) is 7.16. The van der Waals surface area contributed by atoms with E-state index in [9.17, 15) is 4.79 Å². The fourth-order valence-electron chi connectivity index (χ4n) is 3.32. The van der Waals surface area contributed by atoms with Gasteiger partial charge in [-0.25, -0.2) is 0 Å². The van der Waals surface area contributed by atoms with Gasteiger partial charge in [-0.15, -0.1) is 0 Å². The lowest BCUT2D eigenvalue weighted by atomic mass is 9.86. The van der Waals surface area contributed by atoms with Crippen molar-refractivity contribution in [3.8, 4) is 0 Å². The quantitative estimate of drug-likeness (QED) is 0.661. The Morgan fingerprint density at radius 3 is 2.40 bits per heavy atom. The highest BCUT2D eigenvalue weighted by Crippen LogP contribution is 2.27. The predicted octanol–water partition coefficient (Wildman–Crippen LogP) is 2.48. The van der Waals surface area contributed by atoms with Crippen LogP contribution in [-0.4, -0.2) is 29.8 Å². The second kappa shape index (κ2) is 4.65. The summed E-state index contributed by atoms with van der Waals surface area (Å²) in [5, 5.41) is 0. The minimum Gasteiger partial charge on any atom is -0.298 e. The average Bonchev–Trinajstić information content (AvgIpc) is 2.16. The largest absolute Gasteiger partial charge is 0.298 e. The zero-order valence-electron chi connectivity index (χ0n) is 10.0. The van der Waals surface area contributed by atoms with Crippen molar-refractivity contribution in [1.29, 1.82) is 0 Å². The van der Waals surface area contributed by atoms with Gasteiger partial charge < -0.3 is 0 Å². The zero-order chi connectivity index (χ0) is 10.8. The smallest absolute Gasteiger partial charge is 0.149 e. The summed E-state index contributed by atoms with van der Waals surface area (Å²) in [7, 11) is 0. The van der Waals surface area contributed by atoms with Gasteiger partial charge in [0.15, 0.2) is 0 Å². The van der Waals surface area contributed by atoms with Crippen molar-refractivity contribution >= 4 is 5.78 Å². The molecule has 2 rings (SSSR count). The van der Waals surface area contributed by atoms with Gasteiger partial charge in [-0.2, -0.15) is 0 Å². The summed E-state index contributed by atoms with van der Waals surface area (Å²) in [6.45, 7) is 6.91. The third-order valence-electron chi connectivity index (χ3n) is 3.86. The second-order valence-electron chi connectivity index (χ2n) is 5.63. The first-order valence-electron chi connectivity index (χ1n) is 6.43. The molecule has 2 fully saturated rings. The van der Waals surface area contributed by atoms with Crippen molar-refractivity contribution in [3.63, 3.8) is 0 Å². The molecule has 0 N–H and O–H groups in total. The molecule has 0 radical (unpaired) electrons. The number of rotatable bonds is 1. The van der Waals surface area contributed by atoms with E-state index in [2.05, 4.69) is 18.7 Å². The molecule has 1 aliphatic carbocycles. The van der Waals surface area contributed by atoms with Crippen LogP contribution in [0.3, 0.4) is 0 Å². The Kier molecular flexibility index (Phi) is 3.45. The van der Waals surface area contributed by atoms with Crippen LogP contribution in [0.25, 0.3) is 0 Å². The molecule has 1 aliphatic heterocycles. The summed E-state index contributed by atoms with van der Waals surface area (Å²) in [6.07, 6.45) is 5.63. The number of nitrogens with zero attached hydrogens (tertiary/aromatic N) is 1. The van der Waals surface area contributed by atoms with E-state index in [4.69, 9.17) is 0 Å². The summed E-state index contributed by atoms with van der Waals surface area (Å²) < 4.78 is 0. The molecule has 86 valence electrons. The highest BCUT2D eigenvalue weighted by atomic mass is 16.1. The van der Waals surface area contributed by atoms with Gasteiger partial charge in [-0.05, 0) is 31.1 Å². The summed E-state index contributed by atoms with van der Waals surface area (Å²) >= 11 is 0. The standard InChI is InChI=1S/C13H23NO/c1-10-7-11(2)9-14(8-10)12-5-3-4-6-13(12)15/h10-12H,3-9H2,1-2H3. The van der Waals surface area contributed by atoms with Gasteiger partial charge in [0.05, 0.1) is 6.04 Å². The van der Waals surface area contributed by atoms with Crippen LogP contribution in [0.15, 0.2) is 0 Å². The number of Topliss-reactive ketones (excluding diaryl/α,β-unsaturated/α-hetero) is 1. The van der Waals surface area contributed by atoms with Crippen molar-refractivity contribution < 1.29 is 4.79 Å². The van der Waals surface area contributed by atoms with E-state index in [0.29, 0.717) is 5.78 Å². The fraction of sp³-hybridized carbons (Fsp3) is 0.923. The van der Waals surface area contributed by atoms with Crippen LogP contribution in [0, 0.1) is 11.8 Å². The Morgan fingerprint density at radius 1 is 1.13 bits per heavy atom. The number of piperidine rings is 1. The Bertz CT molecular complexity index is 229. The minimum absolute atomic E-state index is 0.268. The molecule has 0 bridgehead atoms. The fourth-order valence-corrected chi connectivity index (χ4v) is 3.32. The number of carbonyl (C=O) groups excluding carboxylic acids is 1. The molecule has 0 aromatic carbocycles. The Morgan fingerprint density at radius 2 is 1.80 bits per heavy atom. The Balaban J connectivity index is 1.99. The Hall–Kier alpha value is -0.370. The topological polar surface area (TPSA) is 20.3 Å². The van der Waals surface area contributed by atoms with Crippen molar-refractivity contribution in [2.24, 2.45) is 11.8 Å². The van der Waals surface area contributed by atoms with Crippen LogP contribution in [0.1, 0.15) is 46.0 Å². The molecule has 2 nitrogen and oxygen atoms in total. The lowest BCUT2D eigenvalue weighted by Crippen LogP contribution is -2.49. The molecular weight excluding hydrogens is 186 g/mol. The number of likely N-dealkylation sites (tertiary alicyclic amines) is 1. The molecule has 3 unspecified atom stereocenters. The maximum atomic E-state index is 11.9. The van der Waals surface area contributed by atoms with Crippen LogP contribution < -0.4 is 0 Å². The molecular formula is C13H23NO. The van der Waals surface area contributed by atoms with Crippen LogP contribution in [0.5, 0.6) is 0 Å². The van der Waals surface area contributed by atoms with Gasteiger partial charge in [0.25, 0.3) is 0 Å². The number of hydrogen-bond acceptors (Lipinski definition) is 2. The zero-order valence-corrected chi connectivity index (χ0v) is 10.0. The molecule has 1 saturated carbocycles. The summed E-state index contributed by atoms with van der Waals surface area (Å²) in [4.78, 5) is 14.3. The van der Waals surface area contributed by atoms with E-state index < -0.39 is 0 Å². The summed E-state index contributed by atoms with van der Waals surface area (Å²) in [6, 6.07) is 0.268. The molecule has 3 atom stereocenters. The predicted molar refractivity (Wildman–Crippen MR) is 61.8 cm³/mol. The number of hydrogen-bond donors (Lipinski definition) is 0. The monoisotopic (exact) mass is 209 g/mol. The number of ketones is 1. The van der Waals surface area contributed by atoms with Gasteiger partial charge in [0, 0.05) is 19.5 Å². The highest BCUT2D eigenvalue weighted by molar-refractivity contribution is 5.84. The van der Waals surface area contributed by atoms with Gasteiger partial charge >= 0.3 is 0 Å². The third kappa shape index (κ3) is 2.60. The average molecular weight is 209 g/mol. The van der Waals surface area contributed by atoms with Crippen LogP contribution >= 0.6 is 0 Å². The highest BCUT2D eigenvalue weighted by Gasteiger charge is 2.32. The van der Waals surface area contributed by atoms with Crippen molar-refractivity contribution in [1.82, 2.24) is 4.90 Å². The van der Waals surface area contributed by atoms with Crippen molar-refractivity contribution in [2.45, 2.75) is 52.0 Å². The molecule has 2 aliphatic rings. The molecule has 0 spiro atoms. The molecule has 0 aromatic heterocycles. The number of carbonyl (C=O) groups is 1. The van der Waals surface area contributed by atoms with E-state index in [1.165, 1.54) is 12.8 Å². The normalized spacial score (nSPS) is 39.3. The van der Waals surface area contributed by atoms with Crippen LogP contribution in [-0.2, 0) is 4.79 Å². The summed E-state index contributed by atoms with van der Waals surface area (Å²) in [5.41, 5.74) is 0.